The summed E-state index contributed by atoms with van der Waals surface area (Å²) in [6, 6.07) is 0. The van der Waals surface area contributed by atoms with Crippen LogP contribution in [-0.4, -0.2) is 25.8 Å². The zero-order valence-corrected chi connectivity index (χ0v) is 10.1. The number of hydrogen-bond donors (Lipinski definition) is 1. The third-order valence-electron chi connectivity index (χ3n) is 4.18. The van der Waals surface area contributed by atoms with Crippen molar-refractivity contribution in [3.05, 3.63) is 0 Å². The van der Waals surface area contributed by atoms with Gasteiger partial charge in [-0.2, -0.15) is 0 Å². The van der Waals surface area contributed by atoms with Crippen LogP contribution in [-0.2, 0) is 4.74 Å². The predicted molar refractivity (Wildman–Crippen MR) is 63.0 cm³/mol. The second-order valence-corrected chi connectivity index (χ2v) is 5.31. The van der Waals surface area contributed by atoms with Gasteiger partial charge < -0.3 is 10.1 Å². The first-order chi connectivity index (χ1) is 7.35. The van der Waals surface area contributed by atoms with Gasteiger partial charge in [-0.25, -0.2) is 0 Å². The molecule has 0 radical (unpaired) electrons. The molecule has 15 heavy (non-hydrogen) atoms. The molecule has 1 unspecified atom stereocenters. The maximum Gasteiger partial charge on any atom is 0.0576 e. The molecule has 1 atom stereocenters. The molecule has 0 aromatic carbocycles. The van der Waals surface area contributed by atoms with Crippen molar-refractivity contribution >= 4 is 0 Å². The van der Waals surface area contributed by atoms with Gasteiger partial charge >= 0.3 is 0 Å². The van der Waals surface area contributed by atoms with Crippen molar-refractivity contribution in [1.29, 1.82) is 0 Å². The fourth-order valence-corrected chi connectivity index (χ4v) is 2.92. The van der Waals surface area contributed by atoms with Gasteiger partial charge in [0.05, 0.1) is 6.10 Å². The molecule has 1 aliphatic carbocycles. The molecule has 0 bridgehead atoms. The summed E-state index contributed by atoms with van der Waals surface area (Å²) in [6.07, 6.45) is 10.2. The minimum absolute atomic E-state index is 0.587. The number of rotatable bonds is 6. The van der Waals surface area contributed by atoms with E-state index in [2.05, 4.69) is 12.2 Å². The van der Waals surface area contributed by atoms with E-state index in [4.69, 9.17) is 4.74 Å². The van der Waals surface area contributed by atoms with Gasteiger partial charge in [-0.3, -0.25) is 0 Å². The Hall–Kier alpha value is -0.0800. The van der Waals surface area contributed by atoms with Crippen molar-refractivity contribution in [3.63, 3.8) is 0 Å². The van der Waals surface area contributed by atoms with Crippen LogP contribution in [0, 0.1) is 5.41 Å². The number of ether oxygens (including phenoxy) is 1. The number of nitrogens with one attached hydrogen (secondary N) is 1. The second-order valence-electron chi connectivity index (χ2n) is 5.31. The van der Waals surface area contributed by atoms with Crippen molar-refractivity contribution < 1.29 is 4.74 Å². The minimum atomic E-state index is 0.587. The lowest BCUT2D eigenvalue weighted by Crippen LogP contribution is -2.40. The van der Waals surface area contributed by atoms with Gasteiger partial charge in [-0.05, 0) is 50.5 Å². The van der Waals surface area contributed by atoms with E-state index in [-0.39, 0.29) is 0 Å². The lowest BCUT2D eigenvalue weighted by molar-refractivity contribution is 0.0597. The molecule has 0 amide bonds. The van der Waals surface area contributed by atoms with Crippen LogP contribution in [0.25, 0.3) is 0 Å². The van der Waals surface area contributed by atoms with Crippen LogP contribution >= 0.6 is 0 Å². The van der Waals surface area contributed by atoms with Crippen molar-refractivity contribution in [1.82, 2.24) is 5.32 Å². The van der Waals surface area contributed by atoms with E-state index < -0.39 is 0 Å². The normalized spacial score (nSPS) is 29.0. The van der Waals surface area contributed by atoms with E-state index >= 15 is 0 Å². The Morgan fingerprint density at radius 1 is 1.33 bits per heavy atom. The maximum atomic E-state index is 5.70. The highest BCUT2D eigenvalue weighted by Gasteiger charge is 2.36. The van der Waals surface area contributed by atoms with Gasteiger partial charge in [-0.15, -0.1) is 0 Å². The van der Waals surface area contributed by atoms with Crippen LogP contribution < -0.4 is 5.32 Å². The van der Waals surface area contributed by atoms with Crippen molar-refractivity contribution in [2.45, 2.75) is 58.0 Å². The Balaban J connectivity index is 1.69. The highest BCUT2D eigenvalue weighted by molar-refractivity contribution is 4.90. The summed E-state index contributed by atoms with van der Waals surface area (Å²) in [6.45, 7) is 5.55. The van der Waals surface area contributed by atoms with Crippen LogP contribution in [0.1, 0.15) is 51.9 Å². The quantitative estimate of drug-likeness (QED) is 0.729. The van der Waals surface area contributed by atoms with E-state index in [1.807, 2.05) is 0 Å². The molecule has 88 valence electrons. The topological polar surface area (TPSA) is 21.3 Å². The van der Waals surface area contributed by atoms with Gasteiger partial charge in [0.2, 0.25) is 0 Å². The summed E-state index contributed by atoms with van der Waals surface area (Å²) in [4.78, 5) is 0. The van der Waals surface area contributed by atoms with Crippen LogP contribution in [0.5, 0.6) is 0 Å². The molecule has 0 spiro atoms. The highest BCUT2D eigenvalue weighted by atomic mass is 16.5. The van der Waals surface area contributed by atoms with Crippen molar-refractivity contribution in [2.24, 2.45) is 5.41 Å². The first kappa shape index (κ1) is 11.4. The molecular formula is C13H25NO. The van der Waals surface area contributed by atoms with Crippen molar-refractivity contribution in [3.8, 4) is 0 Å². The maximum absolute atomic E-state index is 5.70. The fourth-order valence-electron chi connectivity index (χ4n) is 2.92. The molecule has 2 nitrogen and oxygen atoms in total. The molecule has 0 aromatic rings. The molecule has 1 aliphatic heterocycles. The first-order valence-electron chi connectivity index (χ1n) is 6.67. The Morgan fingerprint density at radius 3 is 2.73 bits per heavy atom. The van der Waals surface area contributed by atoms with Crippen molar-refractivity contribution in [2.75, 3.05) is 19.7 Å². The summed E-state index contributed by atoms with van der Waals surface area (Å²) in [5, 5.41) is 3.53. The summed E-state index contributed by atoms with van der Waals surface area (Å²) >= 11 is 0. The third-order valence-corrected chi connectivity index (χ3v) is 4.18. The summed E-state index contributed by atoms with van der Waals surface area (Å²) in [7, 11) is 0. The van der Waals surface area contributed by atoms with Crippen LogP contribution in [0.3, 0.4) is 0 Å². The monoisotopic (exact) mass is 211 g/mol. The van der Waals surface area contributed by atoms with Gasteiger partial charge in [0.1, 0.15) is 0 Å². The average molecular weight is 211 g/mol. The van der Waals surface area contributed by atoms with Gasteiger partial charge in [0.25, 0.3) is 0 Å². The fraction of sp³-hybridized carbons (Fsp3) is 1.00. The van der Waals surface area contributed by atoms with E-state index in [1.165, 1.54) is 51.5 Å². The lowest BCUT2D eigenvalue weighted by atomic mass is 9.65. The molecule has 1 heterocycles. The minimum Gasteiger partial charge on any atom is -0.378 e. The molecule has 0 aromatic heterocycles. The Kier molecular flexibility index (Phi) is 4.04. The SMILES string of the molecule is CCNCC1(CCC2CCCO2)CCC1. The predicted octanol–water partition coefficient (Wildman–Crippen LogP) is 2.73. The third kappa shape index (κ3) is 2.94. The molecule has 1 saturated carbocycles. The van der Waals surface area contributed by atoms with E-state index in [0.29, 0.717) is 11.5 Å². The van der Waals surface area contributed by atoms with Gasteiger partial charge in [0.15, 0.2) is 0 Å². The molecule has 2 aliphatic rings. The van der Waals surface area contributed by atoms with Gasteiger partial charge in [-0.1, -0.05) is 13.3 Å². The van der Waals surface area contributed by atoms with E-state index in [0.717, 1.165) is 13.2 Å². The molecule has 1 saturated heterocycles. The molecule has 1 N–H and O–H groups in total. The second kappa shape index (κ2) is 5.31. The summed E-state index contributed by atoms with van der Waals surface area (Å²) < 4.78 is 5.70. The Morgan fingerprint density at radius 2 is 2.20 bits per heavy atom. The molecule has 2 heteroatoms. The Bertz CT molecular complexity index is 183. The van der Waals surface area contributed by atoms with E-state index in [9.17, 15) is 0 Å². The van der Waals surface area contributed by atoms with Gasteiger partial charge in [0, 0.05) is 13.2 Å². The summed E-state index contributed by atoms with van der Waals surface area (Å²) in [5.41, 5.74) is 0.641. The Labute approximate surface area is 93.8 Å². The van der Waals surface area contributed by atoms with Crippen LogP contribution in [0.2, 0.25) is 0 Å². The zero-order chi connectivity index (χ0) is 10.6. The average Bonchev–Trinajstić information content (AvgIpc) is 2.68. The van der Waals surface area contributed by atoms with Crippen LogP contribution in [0.4, 0.5) is 0 Å². The molecular weight excluding hydrogens is 186 g/mol. The smallest absolute Gasteiger partial charge is 0.0576 e. The molecule has 2 fully saturated rings. The zero-order valence-electron chi connectivity index (χ0n) is 10.1. The lowest BCUT2D eigenvalue weighted by Gasteiger charge is -2.43. The molecule has 2 rings (SSSR count). The van der Waals surface area contributed by atoms with E-state index in [1.54, 1.807) is 0 Å². The summed E-state index contributed by atoms with van der Waals surface area (Å²) in [5.74, 6) is 0. The number of hydrogen-bond acceptors (Lipinski definition) is 2. The largest absolute Gasteiger partial charge is 0.378 e. The highest BCUT2D eigenvalue weighted by Crippen LogP contribution is 2.45. The first-order valence-corrected chi connectivity index (χ1v) is 6.67. The standard InChI is InChI=1S/C13H25NO/c1-2-14-11-13(7-4-8-13)9-6-12-5-3-10-15-12/h12,14H,2-11H2,1H3. The van der Waals surface area contributed by atoms with Crippen LogP contribution in [0.15, 0.2) is 0 Å².